The molecule has 2 saturated heterocycles. The van der Waals surface area contributed by atoms with Crippen LogP contribution >= 0.6 is 0 Å². The SMILES string of the molecule is COc1ccccc1-c1ccc2n(c1=O)C[C@@H]1[C@@H](CO)[C@H](C(=O)N3CCCCC3)N(C)[C@H]21. The molecule has 7 heteroatoms. The molecule has 1 N–H and O–H groups in total. The Kier molecular flexibility index (Phi) is 5.55. The second-order valence-electron chi connectivity index (χ2n) is 9.24. The zero-order valence-electron chi connectivity index (χ0n) is 18.7. The maximum absolute atomic E-state index is 13.5. The van der Waals surface area contributed by atoms with E-state index < -0.39 is 0 Å². The van der Waals surface area contributed by atoms with E-state index in [0.29, 0.717) is 17.9 Å². The molecule has 3 aliphatic heterocycles. The summed E-state index contributed by atoms with van der Waals surface area (Å²) >= 11 is 0. The molecule has 0 aliphatic carbocycles. The van der Waals surface area contributed by atoms with Crippen molar-refractivity contribution in [2.75, 3.05) is 33.9 Å². The van der Waals surface area contributed by atoms with E-state index in [1.165, 1.54) is 6.42 Å². The van der Waals surface area contributed by atoms with E-state index in [4.69, 9.17) is 4.74 Å². The Morgan fingerprint density at radius 1 is 1.09 bits per heavy atom. The van der Waals surface area contributed by atoms with Gasteiger partial charge in [-0.2, -0.15) is 0 Å². The van der Waals surface area contributed by atoms with E-state index >= 15 is 0 Å². The van der Waals surface area contributed by atoms with Crippen LogP contribution in [0, 0.1) is 11.8 Å². The largest absolute Gasteiger partial charge is 0.496 e. The van der Waals surface area contributed by atoms with Crippen molar-refractivity contribution < 1.29 is 14.6 Å². The van der Waals surface area contributed by atoms with Crippen LogP contribution in [0.1, 0.15) is 31.0 Å². The summed E-state index contributed by atoms with van der Waals surface area (Å²) in [5.74, 6) is 0.638. The van der Waals surface area contributed by atoms with Gasteiger partial charge in [-0.15, -0.1) is 0 Å². The summed E-state index contributed by atoms with van der Waals surface area (Å²) in [4.78, 5) is 30.9. The number of amides is 1. The molecule has 3 aliphatic rings. The second-order valence-corrected chi connectivity index (χ2v) is 9.24. The van der Waals surface area contributed by atoms with Gasteiger partial charge in [-0.05, 0) is 44.5 Å². The van der Waals surface area contributed by atoms with Gasteiger partial charge in [-0.1, -0.05) is 18.2 Å². The molecule has 5 rings (SSSR count). The predicted octanol–water partition coefficient (Wildman–Crippen LogP) is 2.13. The molecule has 4 atom stereocenters. The first-order valence-electron chi connectivity index (χ1n) is 11.6. The summed E-state index contributed by atoms with van der Waals surface area (Å²) in [6, 6.07) is 11.0. The van der Waals surface area contributed by atoms with Crippen molar-refractivity contribution in [3.63, 3.8) is 0 Å². The van der Waals surface area contributed by atoms with Gasteiger partial charge in [-0.25, -0.2) is 0 Å². The number of carbonyl (C=O) groups excluding carboxylic acids is 1. The van der Waals surface area contributed by atoms with Crippen LogP contribution in [0.2, 0.25) is 0 Å². The number of aliphatic hydroxyl groups is 1. The molecule has 170 valence electrons. The molecule has 32 heavy (non-hydrogen) atoms. The summed E-state index contributed by atoms with van der Waals surface area (Å²) in [7, 11) is 3.57. The number of piperidine rings is 1. The van der Waals surface area contributed by atoms with Gasteiger partial charge in [0, 0.05) is 49.3 Å². The first kappa shape index (κ1) is 21.2. The van der Waals surface area contributed by atoms with Gasteiger partial charge in [0.2, 0.25) is 5.91 Å². The lowest BCUT2D eigenvalue weighted by Crippen LogP contribution is -2.50. The monoisotopic (exact) mass is 437 g/mol. The molecule has 0 spiro atoms. The summed E-state index contributed by atoms with van der Waals surface area (Å²) < 4.78 is 7.30. The quantitative estimate of drug-likeness (QED) is 0.793. The first-order valence-corrected chi connectivity index (χ1v) is 11.6. The third kappa shape index (κ3) is 3.18. The highest BCUT2D eigenvalue weighted by Gasteiger charge is 2.54. The van der Waals surface area contributed by atoms with Crippen molar-refractivity contribution >= 4 is 5.91 Å². The number of rotatable bonds is 4. The average molecular weight is 438 g/mol. The molecule has 4 heterocycles. The molecule has 0 saturated carbocycles. The van der Waals surface area contributed by atoms with Crippen LogP contribution < -0.4 is 10.3 Å². The lowest BCUT2D eigenvalue weighted by atomic mass is 9.88. The zero-order valence-corrected chi connectivity index (χ0v) is 18.7. The Morgan fingerprint density at radius 2 is 1.84 bits per heavy atom. The van der Waals surface area contributed by atoms with E-state index in [1.807, 2.05) is 52.9 Å². The number of para-hydroxylation sites is 1. The number of aromatic nitrogens is 1. The third-order valence-corrected chi connectivity index (χ3v) is 7.67. The molecule has 2 fully saturated rings. The minimum atomic E-state index is -0.342. The van der Waals surface area contributed by atoms with Gasteiger partial charge >= 0.3 is 0 Å². The van der Waals surface area contributed by atoms with Crippen LogP contribution in [0.3, 0.4) is 0 Å². The molecule has 2 aromatic rings. The summed E-state index contributed by atoms with van der Waals surface area (Å²) in [5.41, 5.74) is 2.26. The van der Waals surface area contributed by atoms with Gasteiger partial charge in [0.15, 0.2) is 0 Å². The predicted molar refractivity (Wildman–Crippen MR) is 121 cm³/mol. The van der Waals surface area contributed by atoms with Crippen molar-refractivity contribution in [3.05, 3.63) is 52.4 Å². The van der Waals surface area contributed by atoms with Gasteiger partial charge < -0.3 is 19.3 Å². The van der Waals surface area contributed by atoms with Crippen LogP contribution in [-0.4, -0.2) is 65.3 Å². The maximum Gasteiger partial charge on any atom is 0.258 e. The van der Waals surface area contributed by atoms with Crippen LogP contribution in [0.15, 0.2) is 41.2 Å². The van der Waals surface area contributed by atoms with Crippen LogP contribution in [0.4, 0.5) is 0 Å². The molecule has 1 aromatic heterocycles. The number of hydrogen-bond donors (Lipinski definition) is 1. The highest BCUT2D eigenvalue weighted by Crippen LogP contribution is 2.49. The number of carbonyl (C=O) groups is 1. The second kappa shape index (κ2) is 8.37. The number of hydrogen-bond acceptors (Lipinski definition) is 5. The third-order valence-electron chi connectivity index (χ3n) is 7.67. The summed E-state index contributed by atoms with van der Waals surface area (Å²) in [6.07, 6.45) is 3.26. The fourth-order valence-electron chi connectivity index (χ4n) is 6.12. The van der Waals surface area contributed by atoms with Crippen molar-refractivity contribution in [2.24, 2.45) is 11.8 Å². The number of likely N-dealkylation sites (tertiary alicyclic amines) is 2. The lowest BCUT2D eigenvalue weighted by molar-refractivity contribution is -0.138. The van der Waals surface area contributed by atoms with Crippen LogP contribution in [0.5, 0.6) is 5.75 Å². The average Bonchev–Trinajstić information content (AvgIpc) is 3.35. The normalized spacial score (nSPS) is 27.3. The number of likely N-dealkylation sites (N-methyl/N-ethyl adjacent to an activating group) is 1. The van der Waals surface area contributed by atoms with E-state index in [0.717, 1.165) is 37.2 Å². The number of methoxy groups -OCH3 is 1. The molecular formula is C25H31N3O4. The number of pyridine rings is 1. The van der Waals surface area contributed by atoms with Crippen molar-refractivity contribution in [2.45, 2.75) is 37.9 Å². The minimum Gasteiger partial charge on any atom is -0.496 e. The lowest BCUT2D eigenvalue weighted by Gasteiger charge is -2.34. The summed E-state index contributed by atoms with van der Waals surface area (Å²) in [6.45, 7) is 2.06. The number of ether oxygens (including phenoxy) is 1. The first-order chi connectivity index (χ1) is 15.6. The van der Waals surface area contributed by atoms with E-state index in [9.17, 15) is 14.7 Å². The molecule has 1 amide bonds. The highest BCUT2D eigenvalue weighted by atomic mass is 16.5. The Balaban J connectivity index is 1.50. The molecule has 0 unspecified atom stereocenters. The van der Waals surface area contributed by atoms with E-state index in [-0.39, 0.29) is 42.0 Å². The molecule has 0 bridgehead atoms. The standard InChI is InChI=1S/C25H31N3O4/c1-26-22-18(19(15-29)23(26)25(31)27-12-6-3-7-13-27)14-28-20(22)11-10-17(24(28)30)16-8-4-5-9-21(16)32-2/h4-5,8-11,18-19,22-23,29H,3,6-7,12-15H2,1-2H3/t18-,19-,22+,23-/m1/s1. The Morgan fingerprint density at radius 3 is 2.56 bits per heavy atom. The zero-order chi connectivity index (χ0) is 22.4. The Hall–Kier alpha value is -2.64. The maximum atomic E-state index is 13.5. The van der Waals surface area contributed by atoms with Gasteiger partial charge in [-0.3, -0.25) is 14.5 Å². The molecule has 7 nitrogen and oxygen atoms in total. The van der Waals surface area contributed by atoms with E-state index in [2.05, 4.69) is 4.90 Å². The van der Waals surface area contributed by atoms with Crippen LogP contribution in [0.25, 0.3) is 11.1 Å². The number of fused-ring (bicyclic) bond motifs is 3. The van der Waals surface area contributed by atoms with Gasteiger partial charge in [0.25, 0.3) is 5.56 Å². The number of benzene rings is 1. The van der Waals surface area contributed by atoms with Gasteiger partial charge in [0.05, 0.1) is 24.8 Å². The van der Waals surface area contributed by atoms with Gasteiger partial charge in [0.1, 0.15) is 5.75 Å². The number of nitrogens with zero attached hydrogens (tertiary/aromatic N) is 3. The molecule has 1 aromatic carbocycles. The summed E-state index contributed by atoms with van der Waals surface area (Å²) in [5, 5.41) is 10.3. The minimum absolute atomic E-state index is 0.0318. The Labute approximate surface area is 188 Å². The van der Waals surface area contributed by atoms with E-state index in [1.54, 1.807) is 7.11 Å². The highest BCUT2D eigenvalue weighted by molar-refractivity contribution is 5.83. The fraction of sp³-hybridized carbons (Fsp3) is 0.520. The molecular weight excluding hydrogens is 406 g/mol. The van der Waals surface area contributed by atoms with Crippen molar-refractivity contribution in [3.8, 4) is 16.9 Å². The van der Waals surface area contributed by atoms with Crippen molar-refractivity contribution in [1.82, 2.24) is 14.4 Å². The van der Waals surface area contributed by atoms with Crippen molar-refractivity contribution in [1.29, 1.82) is 0 Å². The smallest absolute Gasteiger partial charge is 0.258 e. The Bertz CT molecular complexity index is 1080. The molecule has 0 radical (unpaired) electrons. The topological polar surface area (TPSA) is 75.0 Å². The number of aliphatic hydroxyl groups excluding tert-OH is 1. The fourth-order valence-corrected chi connectivity index (χ4v) is 6.12. The van der Waals surface area contributed by atoms with Crippen LogP contribution in [-0.2, 0) is 11.3 Å².